The van der Waals surface area contributed by atoms with Crippen molar-refractivity contribution < 1.29 is 19.1 Å². The van der Waals surface area contributed by atoms with Crippen molar-refractivity contribution in [3.05, 3.63) is 0 Å². The smallest absolute Gasteiger partial charge is 0.407 e. The number of hydrogen-bond donors (Lipinski definition) is 1. The van der Waals surface area contributed by atoms with Crippen molar-refractivity contribution in [2.45, 2.75) is 51.4 Å². The third-order valence-corrected chi connectivity index (χ3v) is 3.23. The second-order valence-corrected chi connectivity index (χ2v) is 6.09. The van der Waals surface area contributed by atoms with Gasteiger partial charge in [-0.2, -0.15) is 0 Å². The molecule has 0 aromatic rings. The summed E-state index contributed by atoms with van der Waals surface area (Å²) in [6.07, 6.45) is 1.23. The van der Waals surface area contributed by atoms with Crippen LogP contribution in [0.1, 0.15) is 33.6 Å². The Balaban J connectivity index is 1.89. The summed E-state index contributed by atoms with van der Waals surface area (Å²) in [6, 6.07) is -0.210. The van der Waals surface area contributed by atoms with E-state index in [4.69, 9.17) is 9.47 Å². The molecule has 0 aromatic heterocycles. The molecule has 2 aliphatic rings. The lowest BCUT2D eigenvalue weighted by molar-refractivity contribution is -0.160. The Bertz CT molecular complexity index is 364. The fourth-order valence-electron chi connectivity index (χ4n) is 2.48. The van der Waals surface area contributed by atoms with Gasteiger partial charge in [0.1, 0.15) is 17.7 Å². The highest BCUT2D eigenvalue weighted by atomic mass is 16.6. The molecule has 0 bridgehead atoms. The summed E-state index contributed by atoms with van der Waals surface area (Å²) in [5.41, 5.74) is -0.466. The normalized spacial score (nSPS) is 28.1. The molecule has 0 spiro atoms. The Morgan fingerprint density at radius 2 is 2.26 bits per heavy atom. The fraction of sp³-hybridized carbons (Fsp3) is 0.846. The van der Waals surface area contributed by atoms with Crippen LogP contribution in [0.3, 0.4) is 0 Å². The van der Waals surface area contributed by atoms with E-state index in [2.05, 4.69) is 10.2 Å². The highest BCUT2D eigenvalue weighted by Crippen LogP contribution is 2.22. The van der Waals surface area contributed by atoms with E-state index >= 15 is 0 Å². The molecule has 0 aromatic carbocycles. The number of hydrogen-bond acceptors (Lipinski definition) is 5. The maximum absolute atomic E-state index is 12.1. The number of nitrogens with one attached hydrogen (secondary N) is 1. The SMILES string of the molecule is CC(C)(C)OC(=O)[C@H]1CCCN1CC1CNC(=O)O1. The van der Waals surface area contributed by atoms with Gasteiger partial charge in [0.25, 0.3) is 0 Å². The number of ether oxygens (including phenoxy) is 2. The summed E-state index contributed by atoms with van der Waals surface area (Å²) < 4.78 is 10.5. The Hall–Kier alpha value is -1.30. The van der Waals surface area contributed by atoms with Crippen LogP contribution >= 0.6 is 0 Å². The number of likely N-dealkylation sites (tertiary alicyclic amines) is 1. The van der Waals surface area contributed by atoms with Crippen LogP contribution in [0.4, 0.5) is 4.79 Å². The number of nitrogens with zero attached hydrogens (tertiary/aromatic N) is 1. The molecule has 2 aliphatic heterocycles. The number of carbonyl (C=O) groups excluding carboxylic acids is 2. The van der Waals surface area contributed by atoms with Gasteiger partial charge in [-0.15, -0.1) is 0 Å². The van der Waals surface area contributed by atoms with Crippen LogP contribution < -0.4 is 5.32 Å². The molecule has 6 heteroatoms. The minimum Gasteiger partial charge on any atom is -0.459 e. The zero-order valence-corrected chi connectivity index (χ0v) is 11.8. The predicted molar refractivity (Wildman–Crippen MR) is 68.7 cm³/mol. The Morgan fingerprint density at radius 1 is 1.53 bits per heavy atom. The monoisotopic (exact) mass is 270 g/mol. The molecular weight excluding hydrogens is 248 g/mol. The fourth-order valence-corrected chi connectivity index (χ4v) is 2.48. The van der Waals surface area contributed by atoms with E-state index in [-0.39, 0.29) is 24.2 Å². The molecule has 2 fully saturated rings. The Morgan fingerprint density at radius 3 is 2.84 bits per heavy atom. The Kier molecular flexibility index (Phi) is 3.99. The van der Waals surface area contributed by atoms with Crippen molar-refractivity contribution >= 4 is 12.1 Å². The van der Waals surface area contributed by atoms with E-state index in [1.165, 1.54) is 0 Å². The van der Waals surface area contributed by atoms with Gasteiger partial charge < -0.3 is 14.8 Å². The van der Waals surface area contributed by atoms with Crippen molar-refractivity contribution in [1.82, 2.24) is 10.2 Å². The van der Waals surface area contributed by atoms with Gasteiger partial charge in [0.05, 0.1) is 6.54 Å². The Labute approximate surface area is 113 Å². The number of rotatable bonds is 3. The summed E-state index contributed by atoms with van der Waals surface area (Å²) in [7, 11) is 0. The van der Waals surface area contributed by atoms with Crippen LogP contribution in [-0.2, 0) is 14.3 Å². The van der Waals surface area contributed by atoms with Gasteiger partial charge in [-0.05, 0) is 40.2 Å². The van der Waals surface area contributed by atoms with Crippen molar-refractivity contribution in [2.75, 3.05) is 19.6 Å². The van der Waals surface area contributed by atoms with Gasteiger partial charge in [0.2, 0.25) is 0 Å². The van der Waals surface area contributed by atoms with Crippen molar-refractivity contribution in [3.63, 3.8) is 0 Å². The molecule has 19 heavy (non-hydrogen) atoms. The number of carbonyl (C=O) groups is 2. The first-order valence-electron chi connectivity index (χ1n) is 6.76. The van der Waals surface area contributed by atoms with E-state index in [0.717, 1.165) is 19.4 Å². The van der Waals surface area contributed by atoms with Crippen LogP contribution in [0, 0.1) is 0 Å². The van der Waals surface area contributed by atoms with Crippen LogP contribution in [0.2, 0.25) is 0 Å². The summed E-state index contributed by atoms with van der Waals surface area (Å²) in [4.78, 5) is 25.2. The number of alkyl carbamates (subject to hydrolysis) is 1. The first-order valence-corrected chi connectivity index (χ1v) is 6.76. The molecule has 6 nitrogen and oxygen atoms in total. The topological polar surface area (TPSA) is 67.9 Å². The summed E-state index contributed by atoms with van der Waals surface area (Å²) in [5, 5.41) is 2.62. The lowest BCUT2D eigenvalue weighted by atomic mass is 10.1. The maximum atomic E-state index is 12.1. The summed E-state index contributed by atoms with van der Waals surface area (Å²) in [6.45, 7) is 7.55. The van der Waals surface area contributed by atoms with Gasteiger partial charge >= 0.3 is 12.1 Å². The van der Waals surface area contributed by atoms with Crippen molar-refractivity contribution in [1.29, 1.82) is 0 Å². The number of cyclic esters (lactones) is 1. The molecule has 2 rings (SSSR count). The second kappa shape index (κ2) is 5.36. The van der Waals surface area contributed by atoms with E-state index in [0.29, 0.717) is 13.1 Å². The highest BCUT2D eigenvalue weighted by Gasteiger charge is 2.36. The van der Waals surface area contributed by atoms with Crippen LogP contribution in [0.15, 0.2) is 0 Å². The van der Waals surface area contributed by atoms with Gasteiger partial charge in [-0.3, -0.25) is 9.69 Å². The molecule has 1 amide bonds. The lowest BCUT2D eigenvalue weighted by Gasteiger charge is -2.28. The molecule has 0 aliphatic carbocycles. The summed E-state index contributed by atoms with van der Waals surface area (Å²) >= 11 is 0. The molecule has 2 atom stereocenters. The van der Waals surface area contributed by atoms with Gasteiger partial charge in [-0.1, -0.05) is 0 Å². The average molecular weight is 270 g/mol. The van der Waals surface area contributed by atoms with Crippen molar-refractivity contribution in [3.8, 4) is 0 Å². The number of amides is 1. The summed E-state index contributed by atoms with van der Waals surface area (Å²) in [5.74, 6) is -0.178. The van der Waals surface area contributed by atoms with Gasteiger partial charge in [-0.25, -0.2) is 4.79 Å². The zero-order chi connectivity index (χ0) is 14.0. The molecule has 2 saturated heterocycles. The zero-order valence-electron chi connectivity index (χ0n) is 11.8. The first kappa shape index (κ1) is 14.1. The molecule has 108 valence electrons. The van der Waals surface area contributed by atoms with Crippen LogP contribution in [0.25, 0.3) is 0 Å². The molecular formula is C13H22N2O4. The highest BCUT2D eigenvalue weighted by molar-refractivity contribution is 5.76. The minimum absolute atomic E-state index is 0.171. The van der Waals surface area contributed by atoms with Crippen LogP contribution in [0.5, 0.6) is 0 Å². The quantitative estimate of drug-likeness (QED) is 0.772. The second-order valence-electron chi connectivity index (χ2n) is 6.09. The van der Waals surface area contributed by atoms with Gasteiger partial charge in [0.15, 0.2) is 0 Å². The lowest BCUT2D eigenvalue weighted by Crippen LogP contribution is -2.44. The standard InChI is InChI=1S/C13H22N2O4/c1-13(2,3)19-11(16)10-5-4-6-15(10)8-9-7-14-12(17)18-9/h9-10H,4-8H2,1-3H3,(H,14,17)/t9?,10-/m1/s1. The molecule has 2 heterocycles. The largest absolute Gasteiger partial charge is 0.459 e. The predicted octanol–water partition coefficient (Wildman–Crippen LogP) is 0.901. The van der Waals surface area contributed by atoms with E-state index in [9.17, 15) is 9.59 Å². The third kappa shape index (κ3) is 3.83. The maximum Gasteiger partial charge on any atom is 0.407 e. The van der Waals surface area contributed by atoms with E-state index in [1.54, 1.807) is 0 Å². The molecule has 1 N–H and O–H groups in total. The van der Waals surface area contributed by atoms with Crippen molar-refractivity contribution in [2.24, 2.45) is 0 Å². The third-order valence-electron chi connectivity index (χ3n) is 3.23. The average Bonchev–Trinajstić information content (AvgIpc) is 2.86. The molecule has 1 unspecified atom stereocenters. The molecule has 0 radical (unpaired) electrons. The minimum atomic E-state index is -0.466. The molecule has 0 saturated carbocycles. The van der Waals surface area contributed by atoms with Gasteiger partial charge in [0, 0.05) is 6.54 Å². The van der Waals surface area contributed by atoms with Crippen LogP contribution in [-0.4, -0.2) is 54.3 Å². The number of esters is 1. The van der Waals surface area contributed by atoms with E-state index < -0.39 is 5.60 Å². The first-order chi connectivity index (χ1) is 8.85. The van der Waals surface area contributed by atoms with E-state index in [1.807, 2.05) is 20.8 Å².